The second kappa shape index (κ2) is 5.34. The Bertz CT molecular complexity index is 696. The maximum Gasteiger partial charge on any atom is 0.422 e. The van der Waals surface area contributed by atoms with E-state index in [2.05, 4.69) is 15.9 Å². The smallest absolute Gasteiger partial charge is 0.422 e. The van der Waals surface area contributed by atoms with Gasteiger partial charge in [0.05, 0.1) is 17.3 Å². The lowest BCUT2D eigenvalue weighted by atomic mass is 10.1. The summed E-state index contributed by atoms with van der Waals surface area (Å²) in [5.74, 6) is -0.557. The Morgan fingerprint density at radius 2 is 2.10 bits per heavy atom. The first-order valence-corrected chi connectivity index (χ1v) is 7.01. The number of benzene rings is 1. The SMILES string of the molecule is CC(C)(C)OC(=O)N1C(=O)/C(=C/C#N)c2cc(Br)ccc21. The van der Waals surface area contributed by atoms with E-state index in [9.17, 15) is 9.59 Å². The highest BCUT2D eigenvalue weighted by molar-refractivity contribution is 9.10. The zero-order valence-electron chi connectivity index (χ0n) is 11.8. The van der Waals surface area contributed by atoms with Crippen LogP contribution in [0.1, 0.15) is 26.3 Å². The topological polar surface area (TPSA) is 70.4 Å². The summed E-state index contributed by atoms with van der Waals surface area (Å²) in [6.07, 6.45) is 0.384. The van der Waals surface area contributed by atoms with Gasteiger partial charge in [-0.1, -0.05) is 15.9 Å². The quantitative estimate of drug-likeness (QED) is 0.530. The number of nitriles is 1. The molecule has 6 heteroatoms. The summed E-state index contributed by atoms with van der Waals surface area (Å²) in [6.45, 7) is 5.17. The Hall–Kier alpha value is -2.13. The van der Waals surface area contributed by atoms with Gasteiger partial charge in [0.2, 0.25) is 0 Å². The fourth-order valence-electron chi connectivity index (χ4n) is 1.96. The molecule has 0 fully saturated rings. The molecule has 0 atom stereocenters. The molecular weight excluding hydrogens is 336 g/mol. The number of anilines is 1. The van der Waals surface area contributed by atoms with Gasteiger partial charge in [-0.3, -0.25) is 4.79 Å². The van der Waals surface area contributed by atoms with Crippen LogP contribution in [0.25, 0.3) is 5.57 Å². The molecule has 0 aromatic heterocycles. The van der Waals surface area contributed by atoms with Crippen molar-refractivity contribution < 1.29 is 14.3 Å². The highest BCUT2D eigenvalue weighted by Crippen LogP contribution is 2.39. The van der Waals surface area contributed by atoms with Gasteiger partial charge >= 0.3 is 6.09 Å². The van der Waals surface area contributed by atoms with Crippen LogP contribution in [0.15, 0.2) is 28.7 Å². The molecule has 0 saturated carbocycles. The number of rotatable bonds is 0. The first-order valence-electron chi connectivity index (χ1n) is 6.22. The molecule has 0 radical (unpaired) electrons. The second-order valence-corrected chi connectivity index (χ2v) is 6.39. The largest absolute Gasteiger partial charge is 0.443 e. The minimum absolute atomic E-state index is 0.180. The van der Waals surface area contributed by atoms with Crippen molar-refractivity contribution in [2.24, 2.45) is 0 Å². The number of fused-ring (bicyclic) bond motifs is 1. The highest BCUT2D eigenvalue weighted by atomic mass is 79.9. The minimum Gasteiger partial charge on any atom is -0.443 e. The van der Waals surface area contributed by atoms with Crippen molar-refractivity contribution in [1.82, 2.24) is 0 Å². The first kappa shape index (κ1) is 15.3. The Balaban J connectivity index is 2.51. The fourth-order valence-corrected chi connectivity index (χ4v) is 2.32. The summed E-state index contributed by atoms with van der Waals surface area (Å²) < 4.78 is 6.00. The monoisotopic (exact) mass is 348 g/mol. The molecule has 1 aliphatic heterocycles. The van der Waals surface area contributed by atoms with Gasteiger partial charge in [-0.25, -0.2) is 9.69 Å². The molecule has 0 spiro atoms. The summed E-state index contributed by atoms with van der Waals surface area (Å²) in [4.78, 5) is 25.6. The van der Waals surface area contributed by atoms with Crippen LogP contribution in [0, 0.1) is 11.3 Å². The van der Waals surface area contributed by atoms with Crippen LogP contribution in [0.4, 0.5) is 10.5 Å². The maximum absolute atomic E-state index is 12.4. The van der Waals surface area contributed by atoms with Crippen LogP contribution in [0.2, 0.25) is 0 Å². The van der Waals surface area contributed by atoms with Crippen molar-refractivity contribution in [2.75, 3.05) is 4.90 Å². The minimum atomic E-state index is -0.752. The van der Waals surface area contributed by atoms with Crippen LogP contribution in [-0.2, 0) is 9.53 Å². The molecule has 1 aromatic carbocycles. The molecule has 5 nitrogen and oxygen atoms in total. The molecule has 0 bridgehead atoms. The van der Waals surface area contributed by atoms with Crippen LogP contribution in [0.5, 0.6) is 0 Å². The summed E-state index contributed by atoms with van der Waals surface area (Å²) in [5, 5.41) is 8.83. The third-order valence-electron chi connectivity index (χ3n) is 2.71. The zero-order chi connectivity index (χ0) is 15.8. The fraction of sp³-hybridized carbons (Fsp3) is 0.267. The van der Waals surface area contributed by atoms with E-state index in [1.807, 2.05) is 6.07 Å². The molecule has 2 rings (SSSR count). The predicted octanol–water partition coefficient (Wildman–Crippen LogP) is 3.64. The van der Waals surface area contributed by atoms with Crippen LogP contribution >= 0.6 is 15.9 Å². The number of allylic oxidation sites excluding steroid dienone is 1. The molecule has 2 amide bonds. The number of carbonyl (C=O) groups excluding carboxylic acids is 2. The molecule has 0 N–H and O–H groups in total. The lowest BCUT2D eigenvalue weighted by Gasteiger charge is -2.23. The molecule has 1 heterocycles. The Morgan fingerprint density at radius 3 is 2.67 bits per heavy atom. The molecule has 1 aromatic rings. The molecule has 0 unspecified atom stereocenters. The Morgan fingerprint density at radius 1 is 1.43 bits per heavy atom. The average Bonchev–Trinajstić information content (AvgIpc) is 2.61. The lowest BCUT2D eigenvalue weighted by Crippen LogP contribution is -2.38. The van der Waals surface area contributed by atoms with Crippen molar-refractivity contribution in [3.05, 3.63) is 34.3 Å². The molecule has 1 aliphatic rings. The van der Waals surface area contributed by atoms with Gasteiger partial charge in [0.1, 0.15) is 5.60 Å². The van der Waals surface area contributed by atoms with Crippen molar-refractivity contribution in [1.29, 1.82) is 5.26 Å². The standard InChI is InChI=1S/C15H13BrN2O3/c1-15(2,3)21-14(20)18-12-5-4-9(16)8-11(12)10(6-7-17)13(18)19/h4-6,8H,1-3H3/b10-6+. The predicted molar refractivity (Wildman–Crippen MR) is 81.5 cm³/mol. The van der Waals surface area contributed by atoms with E-state index in [1.54, 1.807) is 39.0 Å². The van der Waals surface area contributed by atoms with Gasteiger partial charge < -0.3 is 4.74 Å². The number of nitrogens with zero attached hydrogens (tertiary/aromatic N) is 2. The summed E-state index contributed by atoms with van der Waals surface area (Å²) >= 11 is 3.31. The highest BCUT2D eigenvalue weighted by Gasteiger charge is 2.39. The third-order valence-corrected chi connectivity index (χ3v) is 3.20. The van der Waals surface area contributed by atoms with Gasteiger partial charge in [-0.15, -0.1) is 0 Å². The van der Waals surface area contributed by atoms with E-state index in [4.69, 9.17) is 10.00 Å². The number of ether oxygens (including phenoxy) is 1. The van der Waals surface area contributed by atoms with Crippen molar-refractivity contribution in [2.45, 2.75) is 26.4 Å². The first-order chi connectivity index (χ1) is 9.74. The van der Waals surface area contributed by atoms with Gasteiger partial charge in [0.15, 0.2) is 0 Å². The molecular formula is C15H13BrN2O3. The van der Waals surface area contributed by atoms with Crippen LogP contribution < -0.4 is 4.90 Å². The van der Waals surface area contributed by atoms with Gasteiger partial charge in [0.25, 0.3) is 5.91 Å². The van der Waals surface area contributed by atoms with Crippen LogP contribution in [-0.4, -0.2) is 17.6 Å². The second-order valence-electron chi connectivity index (χ2n) is 5.47. The van der Waals surface area contributed by atoms with E-state index >= 15 is 0 Å². The molecule has 108 valence electrons. The summed E-state index contributed by atoms with van der Waals surface area (Å²) in [7, 11) is 0. The van der Waals surface area contributed by atoms with E-state index in [0.29, 0.717) is 11.3 Å². The van der Waals surface area contributed by atoms with Gasteiger partial charge in [-0.2, -0.15) is 5.26 Å². The number of hydrogen-bond donors (Lipinski definition) is 0. The number of imide groups is 1. The van der Waals surface area contributed by atoms with Crippen molar-refractivity contribution >= 4 is 39.2 Å². The molecule has 21 heavy (non-hydrogen) atoms. The zero-order valence-corrected chi connectivity index (χ0v) is 13.4. The Labute approximate surface area is 130 Å². The van der Waals surface area contributed by atoms with E-state index in [0.717, 1.165) is 15.4 Å². The normalized spacial score (nSPS) is 15.9. The molecule has 0 aliphatic carbocycles. The maximum atomic E-state index is 12.4. The number of hydrogen-bond acceptors (Lipinski definition) is 4. The molecule has 0 saturated heterocycles. The number of carbonyl (C=O) groups is 2. The lowest BCUT2D eigenvalue weighted by molar-refractivity contribution is -0.112. The van der Waals surface area contributed by atoms with Crippen molar-refractivity contribution in [3.8, 4) is 6.07 Å². The van der Waals surface area contributed by atoms with Crippen LogP contribution in [0.3, 0.4) is 0 Å². The van der Waals surface area contributed by atoms with E-state index in [-0.39, 0.29) is 5.57 Å². The average molecular weight is 349 g/mol. The van der Waals surface area contributed by atoms with E-state index < -0.39 is 17.6 Å². The van der Waals surface area contributed by atoms with E-state index in [1.165, 1.54) is 0 Å². The number of halogens is 1. The van der Waals surface area contributed by atoms with Gasteiger partial charge in [0, 0.05) is 16.1 Å². The summed E-state index contributed by atoms with van der Waals surface area (Å²) in [5.41, 5.74) is 0.412. The van der Waals surface area contributed by atoms with Crippen molar-refractivity contribution in [3.63, 3.8) is 0 Å². The Kier molecular flexibility index (Phi) is 3.88. The summed E-state index contributed by atoms with van der Waals surface area (Å²) in [6, 6.07) is 6.89. The third kappa shape index (κ3) is 2.98. The number of amides is 2. The van der Waals surface area contributed by atoms with Gasteiger partial charge in [-0.05, 0) is 39.0 Å².